The Hall–Kier alpha value is -1.13. The Morgan fingerprint density at radius 3 is 2.94 bits per heavy atom. The molecule has 0 bridgehead atoms. The van der Waals surface area contributed by atoms with Gasteiger partial charge in [-0.1, -0.05) is 6.92 Å². The summed E-state index contributed by atoms with van der Waals surface area (Å²) in [7, 11) is 1.50. The van der Waals surface area contributed by atoms with Crippen molar-refractivity contribution in [2.24, 2.45) is 5.92 Å². The van der Waals surface area contributed by atoms with Gasteiger partial charge in [0.25, 0.3) is 0 Å². The molecule has 2 rings (SSSR count). The third kappa shape index (κ3) is 2.22. The second kappa shape index (κ2) is 5.24. The molecule has 2 unspecified atom stereocenters. The molecule has 1 heterocycles. The quantitative estimate of drug-likeness (QED) is 0.866. The van der Waals surface area contributed by atoms with Crippen LogP contribution in [0, 0.1) is 11.7 Å². The highest BCUT2D eigenvalue weighted by Crippen LogP contribution is 2.38. The van der Waals surface area contributed by atoms with Crippen LogP contribution in [0.15, 0.2) is 18.2 Å². The highest BCUT2D eigenvalue weighted by molar-refractivity contribution is 5.33. The average Bonchev–Trinajstić information content (AvgIpc) is 2.38. The van der Waals surface area contributed by atoms with E-state index in [4.69, 9.17) is 4.74 Å². The molecule has 0 saturated carbocycles. The lowest BCUT2D eigenvalue weighted by molar-refractivity contribution is -0.0505. The minimum absolute atomic E-state index is 0.0362. The topological polar surface area (TPSA) is 41.5 Å². The van der Waals surface area contributed by atoms with E-state index in [9.17, 15) is 9.50 Å². The first-order valence-electron chi connectivity index (χ1n) is 6.39. The van der Waals surface area contributed by atoms with Crippen molar-refractivity contribution in [1.29, 1.82) is 0 Å². The van der Waals surface area contributed by atoms with Gasteiger partial charge >= 0.3 is 0 Å². The van der Waals surface area contributed by atoms with Crippen LogP contribution >= 0.6 is 0 Å². The molecule has 1 aromatic carbocycles. The molecule has 1 fully saturated rings. The summed E-state index contributed by atoms with van der Waals surface area (Å²) in [6, 6.07) is 4.68. The number of ether oxygens (including phenoxy) is 1. The smallest absolute Gasteiger partial charge is 0.132 e. The number of hydrogen-bond acceptors (Lipinski definition) is 3. The van der Waals surface area contributed by atoms with Crippen molar-refractivity contribution in [3.8, 4) is 5.75 Å². The van der Waals surface area contributed by atoms with Crippen molar-refractivity contribution in [3.63, 3.8) is 0 Å². The third-order valence-corrected chi connectivity index (χ3v) is 3.88. The van der Waals surface area contributed by atoms with Crippen molar-refractivity contribution in [2.75, 3.05) is 20.2 Å². The highest BCUT2D eigenvalue weighted by Gasteiger charge is 2.41. The van der Waals surface area contributed by atoms with Gasteiger partial charge in [-0.2, -0.15) is 0 Å². The van der Waals surface area contributed by atoms with Crippen LogP contribution in [0.3, 0.4) is 0 Å². The minimum Gasteiger partial charge on any atom is -0.497 e. The summed E-state index contributed by atoms with van der Waals surface area (Å²) in [4.78, 5) is 0. The first kappa shape index (κ1) is 13.3. The monoisotopic (exact) mass is 253 g/mol. The maximum Gasteiger partial charge on any atom is 0.132 e. The summed E-state index contributed by atoms with van der Waals surface area (Å²) in [6.45, 7) is 3.45. The van der Waals surface area contributed by atoms with Crippen LogP contribution in [0.25, 0.3) is 0 Å². The van der Waals surface area contributed by atoms with E-state index in [1.54, 1.807) is 12.1 Å². The van der Waals surface area contributed by atoms with E-state index in [-0.39, 0.29) is 5.92 Å². The van der Waals surface area contributed by atoms with E-state index in [2.05, 4.69) is 5.32 Å². The number of hydrogen-bond donors (Lipinski definition) is 2. The first-order chi connectivity index (χ1) is 8.61. The van der Waals surface area contributed by atoms with Crippen LogP contribution in [0.5, 0.6) is 5.75 Å². The highest BCUT2D eigenvalue weighted by atomic mass is 19.1. The molecule has 2 atom stereocenters. The van der Waals surface area contributed by atoms with Gasteiger partial charge in [0.05, 0.1) is 12.7 Å². The molecule has 100 valence electrons. The Kier molecular flexibility index (Phi) is 3.88. The van der Waals surface area contributed by atoms with Gasteiger partial charge in [-0.25, -0.2) is 4.39 Å². The largest absolute Gasteiger partial charge is 0.497 e. The van der Waals surface area contributed by atoms with Crippen LogP contribution in [-0.2, 0) is 5.60 Å². The molecule has 0 amide bonds. The molecule has 4 heteroatoms. The molecule has 3 nitrogen and oxygen atoms in total. The Balaban J connectivity index is 2.38. The SMILES string of the molecule is CCC1CNCCC1(O)c1ccc(OC)cc1F. The summed E-state index contributed by atoms with van der Waals surface area (Å²) in [5, 5.41) is 14.1. The van der Waals surface area contributed by atoms with Gasteiger partial charge < -0.3 is 15.2 Å². The second-order valence-electron chi connectivity index (χ2n) is 4.83. The van der Waals surface area contributed by atoms with Gasteiger partial charge in [-0.05, 0) is 31.5 Å². The Labute approximate surface area is 107 Å². The fraction of sp³-hybridized carbons (Fsp3) is 0.571. The second-order valence-corrected chi connectivity index (χ2v) is 4.83. The van der Waals surface area contributed by atoms with E-state index in [1.165, 1.54) is 13.2 Å². The number of benzene rings is 1. The molecule has 2 N–H and O–H groups in total. The van der Waals surface area contributed by atoms with Crippen LogP contribution in [0.4, 0.5) is 4.39 Å². The van der Waals surface area contributed by atoms with E-state index in [1.807, 2.05) is 6.92 Å². The predicted molar refractivity (Wildman–Crippen MR) is 68.1 cm³/mol. The van der Waals surface area contributed by atoms with Crippen LogP contribution in [0.1, 0.15) is 25.3 Å². The van der Waals surface area contributed by atoms with Crippen molar-refractivity contribution in [1.82, 2.24) is 5.32 Å². The standard InChI is InChI=1S/C14H20FNO2/c1-3-10-9-16-7-6-14(10,17)12-5-4-11(18-2)8-13(12)15/h4-5,8,10,16-17H,3,6-7,9H2,1-2H3. The Morgan fingerprint density at radius 2 is 2.33 bits per heavy atom. The normalized spacial score (nSPS) is 28.1. The van der Waals surface area contributed by atoms with E-state index in [0.29, 0.717) is 24.3 Å². The van der Waals surface area contributed by atoms with Gasteiger partial charge in [0.15, 0.2) is 0 Å². The van der Waals surface area contributed by atoms with Crippen molar-refractivity contribution < 1.29 is 14.2 Å². The summed E-state index contributed by atoms with van der Waals surface area (Å²) in [5.74, 6) is 0.119. The Bertz CT molecular complexity index is 424. The number of nitrogens with one attached hydrogen (secondary N) is 1. The molecule has 0 spiro atoms. The molecular weight excluding hydrogens is 233 g/mol. The van der Waals surface area contributed by atoms with E-state index < -0.39 is 11.4 Å². The van der Waals surface area contributed by atoms with E-state index in [0.717, 1.165) is 13.0 Å². The predicted octanol–water partition coefficient (Wildman–Crippen LogP) is 2.04. The molecule has 1 aliphatic rings. The van der Waals surface area contributed by atoms with E-state index >= 15 is 0 Å². The zero-order valence-corrected chi connectivity index (χ0v) is 10.9. The van der Waals surface area contributed by atoms with Gasteiger partial charge in [0, 0.05) is 24.1 Å². The van der Waals surface area contributed by atoms with Crippen molar-refractivity contribution in [2.45, 2.75) is 25.4 Å². The maximum atomic E-state index is 14.1. The van der Waals surface area contributed by atoms with Crippen LogP contribution < -0.4 is 10.1 Å². The summed E-state index contributed by atoms with van der Waals surface area (Å²) < 4.78 is 19.1. The van der Waals surface area contributed by atoms with Crippen molar-refractivity contribution in [3.05, 3.63) is 29.6 Å². The molecule has 0 aromatic heterocycles. The van der Waals surface area contributed by atoms with Gasteiger partial charge in [0.2, 0.25) is 0 Å². The van der Waals surface area contributed by atoms with Crippen LogP contribution in [-0.4, -0.2) is 25.3 Å². The van der Waals surface area contributed by atoms with Gasteiger partial charge in [-0.15, -0.1) is 0 Å². The maximum absolute atomic E-state index is 14.1. The average molecular weight is 253 g/mol. The fourth-order valence-corrected chi connectivity index (χ4v) is 2.74. The van der Waals surface area contributed by atoms with Gasteiger partial charge in [0.1, 0.15) is 11.6 Å². The zero-order chi connectivity index (χ0) is 13.2. The molecule has 1 aromatic rings. The minimum atomic E-state index is -1.07. The molecule has 0 aliphatic carbocycles. The molecule has 1 saturated heterocycles. The van der Waals surface area contributed by atoms with Gasteiger partial charge in [-0.3, -0.25) is 0 Å². The molecule has 18 heavy (non-hydrogen) atoms. The first-order valence-corrected chi connectivity index (χ1v) is 6.39. The summed E-state index contributed by atoms with van der Waals surface area (Å²) >= 11 is 0. The third-order valence-electron chi connectivity index (χ3n) is 3.88. The summed E-state index contributed by atoms with van der Waals surface area (Å²) in [5.41, 5.74) is -0.687. The lowest BCUT2D eigenvalue weighted by Crippen LogP contribution is -2.48. The lowest BCUT2D eigenvalue weighted by atomic mass is 9.75. The van der Waals surface area contributed by atoms with Crippen LogP contribution in [0.2, 0.25) is 0 Å². The number of aliphatic hydroxyl groups is 1. The zero-order valence-electron chi connectivity index (χ0n) is 10.9. The fourth-order valence-electron chi connectivity index (χ4n) is 2.74. The van der Waals surface area contributed by atoms with Crippen molar-refractivity contribution >= 4 is 0 Å². The Morgan fingerprint density at radius 1 is 1.56 bits per heavy atom. The molecular formula is C14H20FNO2. The summed E-state index contributed by atoms with van der Waals surface area (Å²) in [6.07, 6.45) is 1.35. The number of rotatable bonds is 3. The number of piperidine rings is 1. The number of halogens is 1. The number of methoxy groups -OCH3 is 1. The lowest BCUT2D eigenvalue weighted by Gasteiger charge is -2.40. The molecule has 1 aliphatic heterocycles. The molecule has 0 radical (unpaired) electrons.